The molecule has 0 saturated carbocycles. The number of phenolic OH excluding ortho intramolecular Hbond substituents is 1. The first-order valence-corrected chi connectivity index (χ1v) is 9.08. The summed E-state index contributed by atoms with van der Waals surface area (Å²) in [5.41, 5.74) is 2.10. The van der Waals surface area contributed by atoms with Crippen LogP contribution in [-0.2, 0) is 20.8 Å². The summed E-state index contributed by atoms with van der Waals surface area (Å²) >= 11 is 5.90. The second-order valence-corrected chi connectivity index (χ2v) is 6.82. The molecule has 142 valence electrons. The summed E-state index contributed by atoms with van der Waals surface area (Å²) in [5.74, 6) is 0.273. The van der Waals surface area contributed by atoms with E-state index in [0.29, 0.717) is 54.9 Å². The molecule has 1 amide bonds. The van der Waals surface area contributed by atoms with Gasteiger partial charge in [-0.05, 0) is 24.3 Å². The van der Waals surface area contributed by atoms with Crippen LogP contribution in [0.1, 0.15) is 5.56 Å². The minimum absolute atomic E-state index is 0.0193. The van der Waals surface area contributed by atoms with Crippen LogP contribution >= 0.6 is 11.6 Å². The molecular formula is C19H19ClN2O5. The van der Waals surface area contributed by atoms with Crippen molar-refractivity contribution in [3.8, 4) is 22.8 Å². The maximum absolute atomic E-state index is 12.8. The van der Waals surface area contributed by atoms with Crippen LogP contribution in [0.25, 0.3) is 11.3 Å². The van der Waals surface area contributed by atoms with Crippen LogP contribution in [0.5, 0.6) is 11.5 Å². The quantitative estimate of drug-likeness (QED) is 0.847. The van der Waals surface area contributed by atoms with Gasteiger partial charge in [-0.1, -0.05) is 11.6 Å². The number of amides is 1. The Kier molecular flexibility index (Phi) is 5.15. The van der Waals surface area contributed by atoms with Gasteiger partial charge < -0.3 is 24.2 Å². The van der Waals surface area contributed by atoms with E-state index in [-0.39, 0.29) is 18.3 Å². The first-order valence-electron chi connectivity index (χ1n) is 8.70. The SMILES string of the molecule is O=C(C1COCCO1)N1CCOc2c(O)cc(-c3ccc(Cl)cn3)cc2C1. The minimum Gasteiger partial charge on any atom is -0.504 e. The number of pyridine rings is 1. The number of fused-ring (bicyclic) bond motifs is 1. The number of aromatic nitrogens is 1. The van der Waals surface area contributed by atoms with E-state index in [1.54, 1.807) is 29.3 Å². The van der Waals surface area contributed by atoms with Crippen molar-refractivity contribution in [2.75, 3.05) is 33.0 Å². The maximum Gasteiger partial charge on any atom is 0.254 e. The van der Waals surface area contributed by atoms with Crippen molar-refractivity contribution >= 4 is 17.5 Å². The number of carbonyl (C=O) groups is 1. The van der Waals surface area contributed by atoms with Gasteiger partial charge >= 0.3 is 0 Å². The highest BCUT2D eigenvalue weighted by Gasteiger charge is 2.30. The van der Waals surface area contributed by atoms with E-state index in [1.807, 2.05) is 6.07 Å². The number of benzene rings is 1. The molecule has 1 aromatic carbocycles. The van der Waals surface area contributed by atoms with E-state index in [9.17, 15) is 9.90 Å². The van der Waals surface area contributed by atoms with Crippen molar-refractivity contribution in [3.63, 3.8) is 0 Å². The van der Waals surface area contributed by atoms with Crippen LogP contribution in [0.15, 0.2) is 30.5 Å². The second-order valence-electron chi connectivity index (χ2n) is 6.39. The molecule has 1 N–H and O–H groups in total. The Hall–Kier alpha value is -2.35. The van der Waals surface area contributed by atoms with Crippen LogP contribution in [0.3, 0.4) is 0 Å². The Morgan fingerprint density at radius 3 is 2.89 bits per heavy atom. The predicted octanol–water partition coefficient (Wildman–Crippen LogP) is 2.24. The Morgan fingerprint density at radius 1 is 1.26 bits per heavy atom. The van der Waals surface area contributed by atoms with Gasteiger partial charge in [0.2, 0.25) is 0 Å². The molecule has 1 fully saturated rings. The molecule has 0 spiro atoms. The van der Waals surface area contributed by atoms with Crippen LogP contribution in [0.4, 0.5) is 0 Å². The fourth-order valence-corrected chi connectivity index (χ4v) is 3.33. The molecule has 3 heterocycles. The molecule has 0 aliphatic carbocycles. The summed E-state index contributed by atoms with van der Waals surface area (Å²) in [6.07, 6.45) is 0.946. The zero-order valence-corrected chi connectivity index (χ0v) is 15.3. The third-order valence-corrected chi connectivity index (χ3v) is 4.76. The first-order chi connectivity index (χ1) is 13.1. The van der Waals surface area contributed by atoms with Crippen LogP contribution < -0.4 is 4.74 Å². The summed E-state index contributed by atoms with van der Waals surface area (Å²) in [6, 6.07) is 6.98. The van der Waals surface area contributed by atoms with Crippen molar-refractivity contribution in [2.45, 2.75) is 12.6 Å². The molecule has 8 heteroatoms. The molecule has 0 radical (unpaired) electrons. The lowest BCUT2D eigenvalue weighted by Crippen LogP contribution is -2.45. The number of rotatable bonds is 2. The van der Waals surface area contributed by atoms with Gasteiger partial charge in [-0.2, -0.15) is 0 Å². The number of phenols is 1. The lowest BCUT2D eigenvalue weighted by Gasteiger charge is -2.28. The molecule has 2 aliphatic heterocycles. The van der Waals surface area contributed by atoms with Gasteiger partial charge in [0.05, 0.1) is 37.1 Å². The van der Waals surface area contributed by atoms with E-state index < -0.39 is 6.10 Å². The summed E-state index contributed by atoms with van der Waals surface area (Å²) in [4.78, 5) is 18.7. The van der Waals surface area contributed by atoms with E-state index in [0.717, 1.165) is 5.56 Å². The average molecular weight is 391 g/mol. The largest absolute Gasteiger partial charge is 0.504 e. The molecule has 7 nitrogen and oxygen atoms in total. The highest BCUT2D eigenvalue weighted by molar-refractivity contribution is 6.30. The van der Waals surface area contributed by atoms with Gasteiger partial charge in [-0.3, -0.25) is 9.78 Å². The monoisotopic (exact) mass is 390 g/mol. The van der Waals surface area contributed by atoms with Gasteiger partial charge in [0.25, 0.3) is 5.91 Å². The molecule has 1 aromatic heterocycles. The summed E-state index contributed by atoms with van der Waals surface area (Å²) in [6.45, 7) is 2.16. The summed E-state index contributed by atoms with van der Waals surface area (Å²) < 4.78 is 16.6. The smallest absolute Gasteiger partial charge is 0.254 e. The molecule has 1 unspecified atom stereocenters. The molecule has 1 saturated heterocycles. The molecule has 1 atom stereocenters. The number of hydrogen-bond acceptors (Lipinski definition) is 6. The molecule has 27 heavy (non-hydrogen) atoms. The molecule has 4 rings (SSSR count). The lowest BCUT2D eigenvalue weighted by atomic mass is 10.0. The van der Waals surface area contributed by atoms with Gasteiger partial charge in [-0.25, -0.2) is 0 Å². The number of ether oxygens (including phenoxy) is 3. The fraction of sp³-hybridized carbons (Fsp3) is 0.368. The molecule has 0 bridgehead atoms. The maximum atomic E-state index is 12.8. The zero-order chi connectivity index (χ0) is 18.8. The van der Waals surface area contributed by atoms with Gasteiger partial charge in [-0.15, -0.1) is 0 Å². The highest BCUT2D eigenvalue weighted by atomic mass is 35.5. The number of carbonyl (C=O) groups excluding carboxylic acids is 1. The number of hydrogen-bond donors (Lipinski definition) is 1. The van der Waals surface area contributed by atoms with E-state index >= 15 is 0 Å². The van der Waals surface area contributed by atoms with E-state index in [1.165, 1.54) is 0 Å². The topological polar surface area (TPSA) is 81.1 Å². The van der Waals surface area contributed by atoms with E-state index in [4.69, 9.17) is 25.8 Å². The van der Waals surface area contributed by atoms with Gasteiger partial charge in [0.15, 0.2) is 17.6 Å². The van der Waals surface area contributed by atoms with Crippen LogP contribution in [-0.4, -0.2) is 60.0 Å². The fourth-order valence-electron chi connectivity index (χ4n) is 3.22. The predicted molar refractivity (Wildman–Crippen MR) is 97.8 cm³/mol. The van der Waals surface area contributed by atoms with Crippen molar-refractivity contribution in [1.82, 2.24) is 9.88 Å². The van der Waals surface area contributed by atoms with Crippen molar-refractivity contribution < 1.29 is 24.1 Å². The Bertz CT molecular complexity index is 837. The number of aromatic hydroxyl groups is 1. The first kappa shape index (κ1) is 18.0. The number of nitrogens with zero attached hydrogens (tertiary/aromatic N) is 2. The van der Waals surface area contributed by atoms with Gasteiger partial charge in [0.1, 0.15) is 6.61 Å². The third kappa shape index (κ3) is 3.85. The number of halogens is 1. The Labute approximate surface area is 161 Å². The van der Waals surface area contributed by atoms with Crippen molar-refractivity contribution in [1.29, 1.82) is 0 Å². The highest BCUT2D eigenvalue weighted by Crippen LogP contribution is 2.37. The third-order valence-electron chi connectivity index (χ3n) is 4.54. The summed E-state index contributed by atoms with van der Waals surface area (Å²) in [5, 5.41) is 11.0. The second kappa shape index (κ2) is 7.72. The Morgan fingerprint density at radius 2 is 2.15 bits per heavy atom. The lowest BCUT2D eigenvalue weighted by molar-refractivity contribution is -0.158. The van der Waals surface area contributed by atoms with Crippen molar-refractivity contribution in [2.24, 2.45) is 0 Å². The molecule has 2 aromatic rings. The standard InChI is InChI=1S/C19H19ClN2O5/c20-14-1-2-15(21-9-14)12-7-13-10-22(3-4-27-18(13)16(23)8-12)19(24)17-11-25-5-6-26-17/h1-2,7-9,17,23H,3-6,10-11H2. The normalized spacial score (nSPS) is 19.7. The minimum atomic E-state index is -0.602. The zero-order valence-electron chi connectivity index (χ0n) is 14.6. The van der Waals surface area contributed by atoms with E-state index in [2.05, 4.69) is 4.98 Å². The van der Waals surface area contributed by atoms with Crippen molar-refractivity contribution in [3.05, 3.63) is 41.0 Å². The van der Waals surface area contributed by atoms with Crippen LogP contribution in [0.2, 0.25) is 5.02 Å². The van der Waals surface area contributed by atoms with Gasteiger partial charge in [0, 0.05) is 23.9 Å². The molecule has 2 aliphatic rings. The summed E-state index contributed by atoms with van der Waals surface area (Å²) in [7, 11) is 0. The van der Waals surface area contributed by atoms with Crippen LogP contribution in [0, 0.1) is 0 Å². The Balaban J connectivity index is 1.62. The molecular weight excluding hydrogens is 372 g/mol. The average Bonchev–Trinajstić information content (AvgIpc) is 2.91.